The minimum Gasteiger partial charge on any atom is -0.200 e. The van der Waals surface area contributed by atoms with E-state index < -0.39 is 8.07 Å². The summed E-state index contributed by atoms with van der Waals surface area (Å²) < 4.78 is 2.38. The Morgan fingerprint density at radius 2 is 1.46 bits per heavy atom. The molecule has 1 aromatic heterocycles. The molecule has 0 saturated heterocycles. The second-order valence-electron chi connectivity index (χ2n) is 13.2. The summed E-state index contributed by atoms with van der Waals surface area (Å²) in [5.74, 6) is 1.50. The van der Waals surface area contributed by atoms with Crippen LogP contribution in [0.4, 0.5) is 0 Å². The fraction of sp³-hybridized carbons (Fsp3) is 0.545. The zero-order valence-electron chi connectivity index (χ0n) is 23.3. The van der Waals surface area contributed by atoms with Crippen LogP contribution >= 0.6 is 0 Å². The molecule has 0 radical (unpaired) electrons. The van der Waals surface area contributed by atoms with Crippen molar-refractivity contribution in [3.63, 3.8) is 0 Å². The van der Waals surface area contributed by atoms with Crippen LogP contribution in [0.15, 0.2) is 42.6 Å². The second kappa shape index (κ2) is 9.18. The molecule has 2 heteroatoms. The van der Waals surface area contributed by atoms with E-state index in [2.05, 4.69) is 95.0 Å². The van der Waals surface area contributed by atoms with Gasteiger partial charge in [0.05, 0.1) is 19.0 Å². The number of pyridine rings is 1. The molecule has 2 aliphatic rings. The molecule has 0 unspecified atom stereocenters. The van der Waals surface area contributed by atoms with Gasteiger partial charge in [0.15, 0.2) is 6.20 Å². The van der Waals surface area contributed by atoms with Gasteiger partial charge < -0.3 is 0 Å². The predicted molar refractivity (Wildman–Crippen MR) is 155 cm³/mol. The molecule has 1 heterocycles. The average molecular weight is 485 g/mol. The molecule has 2 aromatic carbocycles. The van der Waals surface area contributed by atoms with Gasteiger partial charge in [0.1, 0.15) is 7.05 Å². The van der Waals surface area contributed by atoms with E-state index in [0.717, 1.165) is 11.8 Å². The quantitative estimate of drug-likeness (QED) is 0.257. The molecule has 0 aliphatic heterocycles. The highest BCUT2D eigenvalue weighted by molar-refractivity contribution is 6.92. The Kier molecular flexibility index (Phi) is 6.49. The van der Waals surface area contributed by atoms with Crippen LogP contribution in [0.3, 0.4) is 0 Å². The third kappa shape index (κ3) is 4.41. The summed E-state index contributed by atoms with van der Waals surface area (Å²) >= 11 is 0. The Morgan fingerprint density at radius 3 is 2.09 bits per heavy atom. The first-order valence-electron chi connectivity index (χ1n) is 14.2. The summed E-state index contributed by atoms with van der Waals surface area (Å²) in [5.41, 5.74) is 7.66. The standard InChI is InChI=1S/C33H46NSi/c1-23-30(25-14-10-11-15-25)21-27(24-12-8-9-13-24)22-31(23)32-29-17-16-28(35(6,7)33(2,3)4)20-26(29)18-19-34(32)5/h16-22,24-25H,8-15H2,1-7H3/q+1. The summed E-state index contributed by atoms with van der Waals surface area (Å²) in [7, 11) is 0.664. The normalized spacial score (nSPS) is 18.1. The molecule has 1 nitrogen and oxygen atoms in total. The molecular formula is C33H46NSi+. The fourth-order valence-electron chi connectivity index (χ4n) is 6.69. The van der Waals surface area contributed by atoms with Gasteiger partial charge in [0.25, 0.3) is 0 Å². The first kappa shape index (κ1) is 24.7. The third-order valence-electron chi connectivity index (χ3n) is 10.1. The highest BCUT2D eigenvalue weighted by Crippen LogP contribution is 2.43. The number of aryl methyl sites for hydroxylation is 1. The van der Waals surface area contributed by atoms with Crippen molar-refractivity contribution in [2.75, 3.05) is 0 Å². The van der Waals surface area contributed by atoms with Crippen LogP contribution in [0.1, 0.15) is 101 Å². The molecule has 0 atom stereocenters. The van der Waals surface area contributed by atoms with E-state index >= 15 is 0 Å². The number of aromatic nitrogens is 1. The van der Waals surface area contributed by atoms with Crippen LogP contribution in [-0.4, -0.2) is 8.07 Å². The monoisotopic (exact) mass is 484 g/mol. The predicted octanol–water partition coefficient (Wildman–Crippen LogP) is 8.67. The lowest BCUT2D eigenvalue weighted by molar-refractivity contribution is -0.659. The number of nitrogens with zero attached hydrogens (tertiary/aromatic N) is 1. The van der Waals surface area contributed by atoms with Gasteiger partial charge in [-0.15, -0.1) is 0 Å². The van der Waals surface area contributed by atoms with Gasteiger partial charge >= 0.3 is 0 Å². The maximum atomic E-state index is 2.63. The number of fused-ring (bicyclic) bond motifs is 1. The Bertz CT molecular complexity index is 1230. The Hall–Kier alpha value is -1.93. The zero-order valence-corrected chi connectivity index (χ0v) is 24.3. The van der Waals surface area contributed by atoms with E-state index in [1.807, 2.05) is 0 Å². The van der Waals surface area contributed by atoms with Gasteiger partial charge in [0.2, 0.25) is 5.69 Å². The molecule has 3 aromatic rings. The van der Waals surface area contributed by atoms with Crippen LogP contribution in [0.25, 0.3) is 22.0 Å². The van der Waals surface area contributed by atoms with E-state index in [1.165, 1.54) is 79.0 Å². The largest absolute Gasteiger partial charge is 0.220 e. The molecule has 0 amide bonds. The van der Waals surface area contributed by atoms with Crippen LogP contribution in [-0.2, 0) is 7.05 Å². The van der Waals surface area contributed by atoms with Gasteiger partial charge in [0, 0.05) is 6.07 Å². The minimum absolute atomic E-state index is 0.339. The van der Waals surface area contributed by atoms with Gasteiger partial charge in [-0.2, -0.15) is 0 Å². The lowest BCUT2D eigenvalue weighted by Gasteiger charge is -2.37. The van der Waals surface area contributed by atoms with E-state index in [0.29, 0.717) is 5.04 Å². The van der Waals surface area contributed by atoms with Crippen LogP contribution in [0.2, 0.25) is 18.1 Å². The zero-order chi connectivity index (χ0) is 25.0. The smallest absolute Gasteiger partial charge is 0.200 e. The molecule has 2 aliphatic carbocycles. The van der Waals surface area contributed by atoms with Gasteiger partial charge in [-0.1, -0.05) is 82.9 Å². The molecule has 0 spiro atoms. The molecule has 5 rings (SSSR count). The SMILES string of the molecule is Cc1c(-c2c3ccc([Si](C)(C)C(C)(C)C)cc3cc[n+]2C)cc(C2CCCC2)cc1C1CCCC1. The van der Waals surface area contributed by atoms with Crippen LogP contribution < -0.4 is 9.75 Å². The van der Waals surface area contributed by atoms with Gasteiger partial charge in [-0.3, -0.25) is 0 Å². The minimum atomic E-state index is -1.58. The Balaban J connectivity index is 1.71. The molecule has 0 N–H and O–H groups in total. The van der Waals surface area contributed by atoms with Crippen molar-refractivity contribution in [3.05, 3.63) is 59.3 Å². The highest BCUT2D eigenvalue weighted by atomic mass is 28.3. The van der Waals surface area contributed by atoms with Crippen molar-refractivity contribution in [1.29, 1.82) is 0 Å². The summed E-state index contributed by atoms with van der Waals surface area (Å²) in [4.78, 5) is 0. The van der Waals surface area contributed by atoms with Crippen molar-refractivity contribution in [2.24, 2.45) is 7.05 Å². The van der Waals surface area contributed by atoms with Gasteiger partial charge in [-0.05, 0) is 83.7 Å². The summed E-state index contributed by atoms with van der Waals surface area (Å²) in [6.45, 7) is 14.7. The number of benzene rings is 2. The summed E-state index contributed by atoms with van der Waals surface area (Å²) in [6.07, 6.45) is 13.3. The van der Waals surface area contributed by atoms with Crippen LogP contribution in [0, 0.1) is 6.92 Å². The van der Waals surface area contributed by atoms with Crippen molar-refractivity contribution >= 4 is 24.0 Å². The lowest BCUT2D eigenvalue weighted by Crippen LogP contribution is -2.49. The molecule has 35 heavy (non-hydrogen) atoms. The molecule has 186 valence electrons. The fourth-order valence-corrected chi connectivity index (χ4v) is 8.57. The molecule has 0 bridgehead atoms. The van der Waals surface area contributed by atoms with Gasteiger partial charge in [-0.25, -0.2) is 4.57 Å². The molecule has 2 saturated carbocycles. The Morgan fingerprint density at radius 1 is 0.829 bits per heavy atom. The topological polar surface area (TPSA) is 3.88 Å². The number of rotatable bonds is 4. The first-order valence-corrected chi connectivity index (χ1v) is 17.2. The van der Waals surface area contributed by atoms with Crippen LogP contribution in [0.5, 0.6) is 0 Å². The third-order valence-corrected chi connectivity index (χ3v) is 15.6. The summed E-state index contributed by atoms with van der Waals surface area (Å²) in [6, 6.07) is 15.0. The van der Waals surface area contributed by atoms with E-state index in [1.54, 1.807) is 16.3 Å². The lowest BCUT2D eigenvalue weighted by atomic mass is 9.84. The number of hydrogen-bond donors (Lipinski definition) is 0. The van der Waals surface area contributed by atoms with Crippen molar-refractivity contribution in [2.45, 2.75) is 109 Å². The summed E-state index contributed by atoms with van der Waals surface area (Å²) in [5, 5.41) is 4.71. The van der Waals surface area contributed by atoms with E-state index in [4.69, 9.17) is 0 Å². The van der Waals surface area contributed by atoms with Crippen molar-refractivity contribution in [3.8, 4) is 11.3 Å². The van der Waals surface area contributed by atoms with Crippen molar-refractivity contribution in [1.82, 2.24) is 0 Å². The molecular weight excluding hydrogens is 438 g/mol. The average Bonchev–Trinajstić information content (AvgIpc) is 3.53. The van der Waals surface area contributed by atoms with Crippen molar-refractivity contribution < 1.29 is 4.57 Å². The maximum absolute atomic E-state index is 2.63. The van der Waals surface area contributed by atoms with E-state index in [-0.39, 0.29) is 0 Å². The Labute approximate surface area is 215 Å². The second-order valence-corrected chi connectivity index (χ2v) is 18.5. The van der Waals surface area contributed by atoms with E-state index in [9.17, 15) is 0 Å². The number of hydrogen-bond acceptors (Lipinski definition) is 0. The maximum Gasteiger partial charge on any atom is 0.220 e. The molecule has 2 fully saturated rings. The highest BCUT2D eigenvalue weighted by Gasteiger charge is 2.37. The first-order chi connectivity index (χ1) is 16.6.